The summed E-state index contributed by atoms with van der Waals surface area (Å²) >= 11 is 0. The van der Waals surface area contributed by atoms with E-state index in [2.05, 4.69) is 6.92 Å². The van der Waals surface area contributed by atoms with E-state index in [9.17, 15) is 14.0 Å². The van der Waals surface area contributed by atoms with E-state index in [1.165, 1.54) is 12.1 Å². The van der Waals surface area contributed by atoms with Gasteiger partial charge in [-0.25, -0.2) is 4.39 Å². The molecule has 0 saturated carbocycles. The fraction of sp³-hybridized carbons (Fsp3) is 0.556. The van der Waals surface area contributed by atoms with Crippen molar-refractivity contribution in [1.82, 2.24) is 0 Å². The van der Waals surface area contributed by atoms with Crippen molar-refractivity contribution < 1.29 is 19.1 Å². The van der Waals surface area contributed by atoms with Gasteiger partial charge in [-0.3, -0.25) is 9.59 Å². The van der Waals surface area contributed by atoms with Crippen LogP contribution in [-0.4, -0.2) is 23.0 Å². The minimum atomic E-state index is -0.748. The molecule has 1 amide bonds. The molecule has 2 atom stereocenters. The number of halogens is 1. The topological polar surface area (TPSA) is 57.6 Å². The fourth-order valence-electron chi connectivity index (χ4n) is 3.28. The Hall–Kier alpha value is -1.91. The van der Waals surface area contributed by atoms with Crippen LogP contribution in [0.1, 0.15) is 51.9 Å². The number of nitrogens with zero attached hydrogens (tertiary/aromatic N) is 1. The van der Waals surface area contributed by atoms with Crippen molar-refractivity contribution in [2.75, 3.05) is 4.90 Å². The van der Waals surface area contributed by atoms with Crippen molar-refractivity contribution >= 4 is 17.6 Å². The van der Waals surface area contributed by atoms with Crippen LogP contribution in [0, 0.1) is 11.7 Å². The Morgan fingerprint density at radius 3 is 2.52 bits per heavy atom. The number of hydrogen-bond donors (Lipinski definition) is 1. The number of carboxylic acid groups (broad SMARTS) is 1. The van der Waals surface area contributed by atoms with Crippen molar-refractivity contribution in [2.45, 2.75) is 57.9 Å². The summed E-state index contributed by atoms with van der Waals surface area (Å²) < 4.78 is 13.1. The lowest BCUT2D eigenvalue weighted by atomic mass is 9.96. The van der Waals surface area contributed by atoms with E-state index in [0.717, 1.165) is 31.4 Å². The van der Waals surface area contributed by atoms with Crippen molar-refractivity contribution in [3.8, 4) is 0 Å². The van der Waals surface area contributed by atoms with Gasteiger partial charge >= 0.3 is 5.97 Å². The van der Waals surface area contributed by atoms with Crippen molar-refractivity contribution in [1.29, 1.82) is 0 Å². The smallest absolute Gasteiger partial charge is 0.303 e. The molecular weight excluding hydrogens is 297 g/mol. The molecule has 2 rings (SSSR count). The zero-order valence-electron chi connectivity index (χ0n) is 13.5. The van der Waals surface area contributed by atoms with Gasteiger partial charge in [0.2, 0.25) is 5.91 Å². The zero-order chi connectivity index (χ0) is 16.8. The lowest BCUT2D eigenvalue weighted by Crippen LogP contribution is -2.34. The van der Waals surface area contributed by atoms with E-state index in [4.69, 9.17) is 5.11 Å². The summed E-state index contributed by atoms with van der Waals surface area (Å²) in [6.45, 7) is 2.08. The van der Waals surface area contributed by atoms with Gasteiger partial charge in [-0.2, -0.15) is 0 Å². The molecule has 1 aliphatic heterocycles. The second-order valence-corrected chi connectivity index (χ2v) is 6.34. The number of carboxylic acids is 1. The van der Waals surface area contributed by atoms with Crippen LogP contribution in [0.15, 0.2) is 24.3 Å². The highest BCUT2D eigenvalue weighted by molar-refractivity contribution is 5.96. The summed E-state index contributed by atoms with van der Waals surface area (Å²) in [7, 11) is 0. The largest absolute Gasteiger partial charge is 0.481 e. The van der Waals surface area contributed by atoms with Gasteiger partial charge in [0.1, 0.15) is 5.82 Å². The first-order chi connectivity index (χ1) is 11.0. The van der Waals surface area contributed by atoms with Gasteiger partial charge in [0.15, 0.2) is 0 Å². The number of carbonyl (C=O) groups excluding carboxylic acids is 1. The van der Waals surface area contributed by atoms with Crippen LogP contribution in [0.2, 0.25) is 0 Å². The number of unbranched alkanes of at least 4 members (excludes halogenated alkanes) is 3. The molecule has 5 heteroatoms. The maximum Gasteiger partial charge on any atom is 0.303 e. The molecule has 126 valence electrons. The Morgan fingerprint density at radius 2 is 1.87 bits per heavy atom. The van der Waals surface area contributed by atoms with Crippen molar-refractivity contribution in [3.05, 3.63) is 30.1 Å². The van der Waals surface area contributed by atoms with E-state index >= 15 is 0 Å². The maximum absolute atomic E-state index is 13.1. The number of hydrogen-bond acceptors (Lipinski definition) is 2. The molecule has 1 N–H and O–H groups in total. The van der Waals surface area contributed by atoms with Gasteiger partial charge in [0, 0.05) is 24.6 Å². The Bertz CT molecular complexity index is 544. The highest BCUT2D eigenvalue weighted by atomic mass is 19.1. The predicted octanol–water partition coefficient (Wildman–Crippen LogP) is 3.99. The highest BCUT2D eigenvalue weighted by Gasteiger charge is 2.37. The Morgan fingerprint density at radius 1 is 1.22 bits per heavy atom. The predicted molar refractivity (Wildman–Crippen MR) is 86.8 cm³/mol. The van der Waals surface area contributed by atoms with Gasteiger partial charge < -0.3 is 10.0 Å². The molecular formula is C18H24FNO3. The van der Waals surface area contributed by atoms with E-state index < -0.39 is 5.97 Å². The minimum absolute atomic E-state index is 0.0972. The number of rotatable bonds is 8. The summed E-state index contributed by atoms with van der Waals surface area (Å²) in [6, 6.07) is 6.23. The Labute approximate surface area is 136 Å². The van der Waals surface area contributed by atoms with E-state index in [1.807, 2.05) is 0 Å². The number of amides is 1. The van der Waals surface area contributed by atoms with Crippen LogP contribution in [0.4, 0.5) is 10.1 Å². The summed E-state index contributed by atoms with van der Waals surface area (Å²) in [5.74, 6) is -0.669. The molecule has 23 heavy (non-hydrogen) atoms. The molecule has 1 aromatic rings. The quantitative estimate of drug-likeness (QED) is 0.736. The van der Waals surface area contributed by atoms with Crippen LogP contribution in [0.5, 0.6) is 0 Å². The summed E-state index contributed by atoms with van der Waals surface area (Å²) in [5, 5.41) is 8.62. The third-order valence-corrected chi connectivity index (χ3v) is 4.50. The lowest BCUT2D eigenvalue weighted by Gasteiger charge is -2.27. The average Bonchev–Trinajstić information content (AvgIpc) is 2.77. The molecule has 1 saturated heterocycles. The van der Waals surface area contributed by atoms with E-state index in [0.29, 0.717) is 12.8 Å². The highest BCUT2D eigenvalue weighted by Crippen LogP contribution is 2.33. The SMILES string of the molecule is CC1CC(=O)N(c2ccc(F)cc2)C1CCCCCCC(=O)O. The molecule has 0 aliphatic carbocycles. The number of aliphatic carboxylic acids is 1. The number of anilines is 1. The number of benzene rings is 1. The Balaban J connectivity index is 1.89. The number of carbonyl (C=O) groups is 2. The molecule has 0 bridgehead atoms. The summed E-state index contributed by atoms with van der Waals surface area (Å²) in [4.78, 5) is 24.5. The van der Waals surface area contributed by atoms with Crippen LogP contribution in [-0.2, 0) is 9.59 Å². The second-order valence-electron chi connectivity index (χ2n) is 6.34. The fourth-order valence-corrected chi connectivity index (χ4v) is 3.28. The third-order valence-electron chi connectivity index (χ3n) is 4.50. The van der Waals surface area contributed by atoms with Gasteiger partial charge in [-0.05, 0) is 43.0 Å². The first-order valence-electron chi connectivity index (χ1n) is 8.28. The van der Waals surface area contributed by atoms with Crippen LogP contribution in [0.3, 0.4) is 0 Å². The van der Waals surface area contributed by atoms with Crippen molar-refractivity contribution in [2.24, 2.45) is 5.92 Å². The van der Waals surface area contributed by atoms with Gasteiger partial charge in [0.25, 0.3) is 0 Å². The molecule has 1 heterocycles. The molecule has 2 unspecified atom stereocenters. The maximum atomic E-state index is 13.1. The third kappa shape index (κ3) is 4.78. The molecule has 1 aliphatic rings. The van der Waals surface area contributed by atoms with Gasteiger partial charge in [-0.15, -0.1) is 0 Å². The first-order valence-corrected chi connectivity index (χ1v) is 8.28. The molecule has 0 radical (unpaired) electrons. The molecule has 4 nitrogen and oxygen atoms in total. The molecule has 0 aromatic heterocycles. The van der Waals surface area contributed by atoms with Gasteiger partial charge in [-0.1, -0.05) is 26.2 Å². The summed E-state index contributed by atoms with van der Waals surface area (Å²) in [5.41, 5.74) is 0.761. The van der Waals surface area contributed by atoms with Gasteiger partial charge in [0.05, 0.1) is 0 Å². The van der Waals surface area contributed by atoms with Crippen LogP contribution >= 0.6 is 0 Å². The van der Waals surface area contributed by atoms with Crippen molar-refractivity contribution in [3.63, 3.8) is 0 Å². The summed E-state index contributed by atoms with van der Waals surface area (Å²) in [6.07, 6.45) is 5.20. The second kappa shape index (κ2) is 8.09. The molecule has 1 aromatic carbocycles. The molecule has 0 spiro atoms. The lowest BCUT2D eigenvalue weighted by molar-refractivity contribution is -0.137. The standard InChI is InChI=1S/C18H24FNO3/c1-13-12-17(21)20(15-10-8-14(19)9-11-15)16(13)6-4-2-3-5-7-18(22)23/h8-11,13,16H,2-7,12H2,1H3,(H,22,23). The minimum Gasteiger partial charge on any atom is -0.481 e. The zero-order valence-corrected chi connectivity index (χ0v) is 13.5. The van der Waals surface area contributed by atoms with Crippen LogP contribution in [0.25, 0.3) is 0 Å². The normalized spacial score (nSPS) is 21.0. The average molecular weight is 321 g/mol. The molecule has 1 fully saturated rings. The van der Waals surface area contributed by atoms with E-state index in [1.54, 1.807) is 17.0 Å². The van der Waals surface area contributed by atoms with Crippen LogP contribution < -0.4 is 4.90 Å². The van der Waals surface area contributed by atoms with E-state index in [-0.39, 0.29) is 30.1 Å². The monoisotopic (exact) mass is 321 g/mol. The first kappa shape index (κ1) is 17.4. The Kier molecular flexibility index (Phi) is 6.13.